The second-order valence-corrected chi connectivity index (χ2v) is 17.3. The van der Waals surface area contributed by atoms with E-state index in [9.17, 15) is 0 Å². The van der Waals surface area contributed by atoms with Gasteiger partial charge in [0.1, 0.15) is 0 Å². The smallest absolute Gasteiger partial charge is 0.164 e. The van der Waals surface area contributed by atoms with E-state index in [0.29, 0.717) is 17.5 Å². The molecule has 0 aliphatic carbocycles. The molecule has 0 amide bonds. The maximum atomic E-state index is 5.28. The highest BCUT2D eigenvalue weighted by Gasteiger charge is 2.23. The highest BCUT2D eigenvalue weighted by Crippen LogP contribution is 2.43. The zero-order valence-electron chi connectivity index (χ0n) is 36.7. The summed E-state index contributed by atoms with van der Waals surface area (Å²) in [5.74, 6) is 1.87. The zero-order chi connectivity index (χ0) is 44.4. The van der Waals surface area contributed by atoms with Gasteiger partial charge in [-0.2, -0.15) is 0 Å². The summed E-state index contributed by atoms with van der Waals surface area (Å²) in [5, 5.41) is 7.32. The van der Waals surface area contributed by atoms with Crippen molar-refractivity contribution >= 4 is 54.4 Å². The van der Waals surface area contributed by atoms with Crippen LogP contribution in [0.1, 0.15) is 5.56 Å². The number of para-hydroxylation sites is 2. The van der Waals surface area contributed by atoms with E-state index >= 15 is 0 Å². The van der Waals surface area contributed by atoms with Crippen LogP contribution in [-0.2, 0) is 0 Å². The molecule has 0 saturated carbocycles. The van der Waals surface area contributed by atoms with E-state index in [0.717, 1.165) is 61.4 Å². The van der Waals surface area contributed by atoms with Crippen molar-refractivity contribution in [2.45, 2.75) is 6.92 Å². The van der Waals surface area contributed by atoms with Crippen molar-refractivity contribution in [3.05, 3.63) is 236 Å². The minimum absolute atomic E-state index is 0.618. The molecule has 0 radical (unpaired) electrons. The van der Waals surface area contributed by atoms with Crippen LogP contribution in [0.2, 0.25) is 0 Å². The summed E-state index contributed by atoms with van der Waals surface area (Å²) in [6.45, 7) is 2.20. The van der Waals surface area contributed by atoms with Crippen molar-refractivity contribution in [3.63, 3.8) is 0 Å². The predicted molar refractivity (Wildman–Crippen MR) is 278 cm³/mol. The van der Waals surface area contributed by atoms with Gasteiger partial charge < -0.3 is 9.13 Å². The Labute approximate surface area is 387 Å². The van der Waals surface area contributed by atoms with Crippen LogP contribution in [0.3, 0.4) is 0 Å². The molecule has 0 atom stereocenters. The Morgan fingerprint density at radius 3 is 1.66 bits per heavy atom. The summed E-state index contributed by atoms with van der Waals surface area (Å²) in [6.07, 6.45) is 0. The summed E-state index contributed by atoms with van der Waals surface area (Å²) < 4.78 is 4.90. The lowest BCUT2D eigenvalue weighted by Crippen LogP contribution is -2.02. The van der Waals surface area contributed by atoms with Gasteiger partial charge in [0.25, 0.3) is 0 Å². The Hall–Kier alpha value is -8.93. The molecule has 3 aromatic heterocycles. The summed E-state index contributed by atoms with van der Waals surface area (Å²) in [5.41, 5.74) is 15.3. The van der Waals surface area contributed by atoms with Crippen LogP contribution in [0, 0.1) is 6.92 Å². The van der Waals surface area contributed by atoms with E-state index < -0.39 is 0 Å². The van der Waals surface area contributed by atoms with E-state index in [1.807, 2.05) is 12.1 Å². The molecule has 0 unspecified atom stereocenters. The third-order valence-corrected chi connectivity index (χ3v) is 13.3. The molecular formula is C62H41N5. The first-order valence-electron chi connectivity index (χ1n) is 22.8. The largest absolute Gasteiger partial charge is 0.309 e. The molecule has 0 spiro atoms. The Bertz CT molecular complexity index is 4030. The van der Waals surface area contributed by atoms with Gasteiger partial charge in [-0.15, -0.1) is 0 Å². The number of nitrogens with zero attached hydrogens (tertiary/aromatic N) is 5. The third kappa shape index (κ3) is 6.43. The summed E-state index contributed by atoms with van der Waals surface area (Å²) in [7, 11) is 0. The van der Waals surface area contributed by atoms with Gasteiger partial charge in [0.15, 0.2) is 17.5 Å². The Morgan fingerprint density at radius 1 is 0.328 bits per heavy atom. The Kier molecular flexibility index (Phi) is 9.00. The molecule has 3 heterocycles. The highest BCUT2D eigenvalue weighted by molar-refractivity contribution is 6.26. The van der Waals surface area contributed by atoms with E-state index in [2.05, 4.69) is 234 Å². The van der Waals surface area contributed by atoms with E-state index in [-0.39, 0.29) is 0 Å². The number of hydrogen-bond donors (Lipinski definition) is 0. The first-order chi connectivity index (χ1) is 33.1. The fraction of sp³-hybridized carbons (Fsp3) is 0.0161. The topological polar surface area (TPSA) is 48.5 Å². The number of aromatic nitrogens is 5. The number of rotatable bonds is 7. The third-order valence-electron chi connectivity index (χ3n) is 13.3. The second-order valence-electron chi connectivity index (χ2n) is 17.3. The molecule has 5 nitrogen and oxygen atoms in total. The minimum Gasteiger partial charge on any atom is -0.309 e. The van der Waals surface area contributed by atoms with Crippen molar-refractivity contribution in [2.75, 3.05) is 0 Å². The molecule has 13 aromatic rings. The van der Waals surface area contributed by atoms with Gasteiger partial charge in [-0.3, -0.25) is 0 Å². The first-order valence-corrected chi connectivity index (χ1v) is 22.8. The van der Waals surface area contributed by atoms with E-state index in [1.165, 1.54) is 48.9 Å². The van der Waals surface area contributed by atoms with Gasteiger partial charge in [0, 0.05) is 49.6 Å². The molecule has 0 N–H and O–H groups in total. The molecule has 5 heteroatoms. The maximum Gasteiger partial charge on any atom is 0.164 e. The molecular weight excluding hydrogens is 815 g/mol. The molecule has 0 bridgehead atoms. The number of fused-ring (bicyclic) bond motifs is 8. The van der Waals surface area contributed by atoms with Crippen molar-refractivity contribution in [1.82, 2.24) is 24.1 Å². The van der Waals surface area contributed by atoms with Crippen molar-refractivity contribution in [3.8, 4) is 67.8 Å². The molecule has 0 saturated heterocycles. The SMILES string of the molecule is Cc1cc(-c2nc(-c3ccc(-c4ccccc4)cc3)nc(-c3ccccc3-c3ccccc3)n2)ccc1-n1c2ccccc2c2ccc3c(c4ccccc4n3-c3ccc4ccccc4c3)c21. The molecule has 0 aliphatic rings. The molecule has 67 heavy (non-hydrogen) atoms. The van der Waals surface area contributed by atoms with Crippen LogP contribution in [0.5, 0.6) is 0 Å². The second kappa shape index (κ2) is 15.7. The van der Waals surface area contributed by atoms with Crippen LogP contribution in [0.4, 0.5) is 0 Å². The molecule has 13 rings (SSSR count). The zero-order valence-corrected chi connectivity index (χ0v) is 36.7. The lowest BCUT2D eigenvalue weighted by Gasteiger charge is -2.15. The normalized spacial score (nSPS) is 11.7. The first kappa shape index (κ1) is 38.5. The van der Waals surface area contributed by atoms with Gasteiger partial charge in [-0.25, -0.2) is 15.0 Å². The van der Waals surface area contributed by atoms with Gasteiger partial charge in [0.05, 0.1) is 22.1 Å². The molecule has 0 fully saturated rings. The molecule has 0 aliphatic heterocycles. The minimum atomic E-state index is 0.618. The maximum absolute atomic E-state index is 5.28. The number of aryl methyl sites for hydroxylation is 1. The highest BCUT2D eigenvalue weighted by atomic mass is 15.0. The average Bonchev–Trinajstić information content (AvgIpc) is 3.92. The van der Waals surface area contributed by atoms with Crippen LogP contribution >= 0.6 is 0 Å². The van der Waals surface area contributed by atoms with E-state index in [4.69, 9.17) is 15.0 Å². The lowest BCUT2D eigenvalue weighted by molar-refractivity contribution is 1.07. The lowest BCUT2D eigenvalue weighted by atomic mass is 9.99. The van der Waals surface area contributed by atoms with Crippen molar-refractivity contribution in [2.24, 2.45) is 0 Å². The van der Waals surface area contributed by atoms with Crippen LogP contribution in [-0.4, -0.2) is 24.1 Å². The average molecular weight is 856 g/mol. The summed E-state index contributed by atoms with van der Waals surface area (Å²) >= 11 is 0. The number of benzene rings is 10. The van der Waals surface area contributed by atoms with Crippen LogP contribution in [0.25, 0.3) is 122 Å². The van der Waals surface area contributed by atoms with Gasteiger partial charge in [-0.1, -0.05) is 182 Å². The summed E-state index contributed by atoms with van der Waals surface area (Å²) in [6, 6.07) is 82.0. The Balaban J connectivity index is 1.00. The predicted octanol–water partition coefficient (Wildman–Crippen LogP) is 15.9. The van der Waals surface area contributed by atoms with Gasteiger partial charge in [0.2, 0.25) is 0 Å². The summed E-state index contributed by atoms with van der Waals surface area (Å²) in [4.78, 5) is 15.7. The standard InChI is InChI=1S/C62H41N5/c1-40-38-47(61-63-60(45-30-28-43(29-31-45)41-16-4-2-5-17-41)64-62(65-61)52-24-11-10-22-49(52)44-19-6-3-7-20-44)33-36-54(40)67-55-26-14-12-23-50(55)51-35-37-57-58(59(51)67)53-25-13-15-27-56(53)66(57)48-34-32-42-18-8-9-21-46(42)39-48/h2-39H,1H3. The van der Waals surface area contributed by atoms with Gasteiger partial charge >= 0.3 is 0 Å². The van der Waals surface area contributed by atoms with E-state index in [1.54, 1.807) is 0 Å². The fourth-order valence-electron chi connectivity index (χ4n) is 10.1. The Morgan fingerprint density at radius 2 is 0.896 bits per heavy atom. The fourth-order valence-corrected chi connectivity index (χ4v) is 10.1. The quantitative estimate of drug-likeness (QED) is 0.160. The van der Waals surface area contributed by atoms with Crippen LogP contribution in [0.15, 0.2) is 231 Å². The van der Waals surface area contributed by atoms with Crippen LogP contribution < -0.4 is 0 Å². The molecule has 10 aromatic carbocycles. The number of hydrogen-bond acceptors (Lipinski definition) is 3. The molecule has 314 valence electrons. The van der Waals surface area contributed by atoms with Crippen molar-refractivity contribution in [1.29, 1.82) is 0 Å². The van der Waals surface area contributed by atoms with Gasteiger partial charge in [-0.05, 0) is 94.0 Å². The monoisotopic (exact) mass is 855 g/mol. The van der Waals surface area contributed by atoms with Crippen molar-refractivity contribution < 1.29 is 0 Å².